The lowest BCUT2D eigenvalue weighted by Gasteiger charge is -2.31. The van der Waals surface area contributed by atoms with Crippen LogP contribution in [0.4, 0.5) is 0 Å². The van der Waals surface area contributed by atoms with Gasteiger partial charge in [-0.05, 0) is 73.1 Å². The van der Waals surface area contributed by atoms with Crippen LogP contribution >= 0.6 is 31.9 Å². The first-order chi connectivity index (χ1) is 10.8. The monoisotopic (exact) mass is 442 g/mol. The molecule has 2 aliphatic rings. The van der Waals surface area contributed by atoms with Crippen LogP contribution in [0, 0.1) is 29.6 Å². The Bertz CT molecular complexity index is 579. The van der Waals surface area contributed by atoms with E-state index in [9.17, 15) is 4.79 Å². The molecule has 0 heterocycles. The maximum Gasteiger partial charge on any atom is 0.306 e. The minimum Gasteiger partial charge on any atom is -0.458 e. The Hall–Kier alpha value is -0.350. The predicted molar refractivity (Wildman–Crippen MR) is 99.0 cm³/mol. The predicted octanol–water partition coefficient (Wildman–Crippen LogP) is 6.13. The van der Waals surface area contributed by atoms with E-state index in [0.717, 1.165) is 38.2 Å². The van der Waals surface area contributed by atoms with Crippen molar-refractivity contribution in [3.05, 3.63) is 32.7 Å². The smallest absolute Gasteiger partial charge is 0.306 e. The molecule has 1 aromatic rings. The van der Waals surface area contributed by atoms with Gasteiger partial charge in [-0.2, -0.15) is 0 Å². The van der Waals surface area contributed by atoms with Crippen LogP contribution in [0.1, 0.15) is 51.7 Å². The van der Waals surface area contributed by atoms with Gasteiger partial charge in [0.15, 0.2) is 0 Å². The second kappa shape index (κ2) is 6.87. The van der Waals surface area contributed by atoms with Crippen LogP contribution in [0.2, 0.25) is 0 Å². The van der Waals surface area contributed by atoms with Gasteiger partial charge in [0.1, 0.15) is 6.10 Å². The SMILES string of the molecule is CC(OC(=O)CC1CC2CC1C(C)C2C)c1cc(Br)cc(Br)c1. The van der Waals surface area contributed by atoms with Gasteiger partial charge < -0.3 is 4.74 Å². The number of ether oxygens (including phenoxy) is 1. The molecule has 2 bridgehead atoms. The van der Waals surface area contributed by atoms with Crippen molar-refractivity contribution in [1.29, 1.82) is 0 Å². The zero-order valence-corrected chi connectivity index (χ0v) is 17.1. The molecule has 0 aromatic heterocycles. The van der Waals surface area contributed by atoms with Crippen LogP contribution in [0.5, 0.6) is 0 Å². The van der Waals surface area contributed by atoms with Crippen molar-refractivity contribution >= 4 is 37.8 Å². The number of esters is 1. The van der Waals surface area contributed by atoms with E-state index in [4.69, 9.17) is 4.74 Å². The highest BCUT2D eigenvalue weighted by Crippen LogP contribution is 2.55. The molecule has 2 fully saturated rings. The van der Waals surface area contributed by atoms with E-state index in [0.29, 0.717) is 12.3 Å². The Morgan fingerprint density at radius 1 is 1.17 bits per heavy atom. The van der Waals surface area contributed by atoms with Gasteiger partial charge >= 0.3 is 5.97 Å². The molecule has 0 N–H and O–H groups in total. The maximum atomic E-state index is 12.4. The van der Waals surface area contributed by atoms with Crippen LogP contribution in [0.25, 0.3) is 0 Å². The Kier molecular flexibility index (Phi) is 5.22. The standard InChI is InChI=1S/C19H24Br2O2/c1-10-11(2)18-7-13(10)4-15(18)8-19(22)23-12(3)14-5-16(20)9-17(21)6-14/h5-6,9-13,15,18H,4,7-8H2,1-3H3. The number of halogens is 2. The summed E-state index contributed by atoms with van der Waals surface area (Å²) in [6.07, 6.45) is 2.89. The van der Waals surface area contributed by atoms with Gasteiger partial charge in [-0.1, -0.05) is 45.7 Å². The third kappa shape index (κ3) is 3.68. The van der Waals surface area contributed by atoms with Crippen LogP contribution in [0.15, 0.2) is 27.1 Å². The second-order valence-electron chi connectivity index (χ2n) is 7.41. The van der Waals surface area contributed by atoms with Gasteiger partial charge in [0.2, 0.25) is 0 Å². The van der Waals surface area contributed by atoms with Crippen molar-refractivity contribution in [2.45, 2.75) is 46.1 Å². The molecule has 0 saturated heterocycles. The summed E-state index contributed by atoms with van der Waals surface area (Å²) in [6.45, 7) is 6.67. The Morgan fingerprint density at radius 2 is 1.83 bits per heavy atom. The highest BCUT2D eigenvalue weighted by atomic mass is 79.9. The maximum absolute atomic E-state index is 12.4. The molecule has 4 heteroatoms. The molecule has 2 nitrogen and oxygen atoms in total. The summed E-state index contributed by atoms with van der Waals surface area (Å²) >= 11 is 6.96. The summed E-state index contributed by atoms with van der Waals surface area (Å²) in [5, 5.41) is 0. The van der Waals surface area contributed by atoms with Gasteiger partial charge in [-0.25, -0.2) is 0 Å². The van der Waals surface area contributed by atoms with Crippen molar-refractivity contribution in [1.82, 2.24) is 0 Å². The molecule has 1 aromatic carbocycles. The molecule has 0 amide bonds. The Balaban J connectivity index is 1.57. The number of hydrogen-bond donors (Lipinski definition) is 0. The first-order valence-corrected chi connectivity index (χ1v) is 10.1. The summed E-state index contributed by atoms with van der Waals surface area (Å²) in [5.41, 5.74) is 1.01. The molecule has 3 rings (SSSR count). The molecular formula is C19H24Br2O2. The highest BCUT2D eigenvalue weighted by Gasteiger charge is 2.49. The van der Waals surface area contributed by atoms with E-state index in [1.807, 2.05) is 25.1 Å². The van der Waals surface area contributed by atoms with E-state index >= 15 is 0 Å². The van der Waals surface area contributed by atoms with E-state index in [-0.39, 0.29) is 12.1 Å². The lowest BCUT2D eigenvalue weighted by molar-refractivity contribution is -0.150. The molecule has 6 unspecified atom stereocenters. The molecule has 2 aliphatic carbocycles. The normalized spacial score (nSPS) is 33.7. The number of rotatable bonds is 4. The lowest BCUT2D eigenvalue weighted by Crippen LogP contribution is -2.26. The summed E-state index contributed by atoms with van der Waals surface area (Å²) in [4.78, 5) is 12.4. The van der Waals surface area contributed by atoms with Crippen LogP contribution < -0.4 is 0 Å². The van der Waals surface area contributed by atoms with Gasteiger partial charge in [0.05, 0.1) is 0 Å². The first kappa shape index (κ1) is 17.5. The fraction of sp³-hybridized carbons (Fsp3) is 0.632. The zero-order chi connectivity index (χ0) is 16.7. The number of benzene rings is 1. The van der Waals surface area contributed by atoms with Crippen LogP contribution in [0.3, 0.4) is 0 Å². The van der Waals surface area contributed by atoms with Crippen LogP contribution in [-0.4, -0.2) is 5.97 Å². The molecule has 2 saturated carbocycles. The summed E-state index contributed by atoms with van der Waals surface area (Å²) in [6, 6.07) is 5.99. The van der Waals surface area contributed by atoms with Crippen molar-refractivity contribution in [2.75, 3.05) is 0 Å². The number of carbonyl (C=O) groups excluding carboxylic acids is 1. The topological polar surface area (TPSA) is 26.3 Å². The van der Waals surface area contributed by atoms with Crippen molar-refractivity contribution < 1.29 is 9.53 Å². The largest absolute Gasteiger partial charge is 0.458 e. The van der Waals surface area contributed by atoms with Crippen molar-refractivity contribution in [3.63, 3.8) is 0 Å². The third-order valence-electron chi connectivity index (χ3n) is 6.13. The first-order valence-electron chi connectivity index (χ1n) is 8.50. The average molecular weight is 444 g/mol. The van der Waals surface area contributed by atoms with Crippen LogP contribution in [-0.2, 0) is 9.53 Å². The average Bonchev–Trinajstić information content (AvgIpc) is 2.98. The minimum atomic E-state index is -0.216. The lowest BCUT2D eigenvalue weighted by atomic mass is 9.74. The summed E-state index contributed by atoms with van der Waals surface area (Å²) in [5.74, 6) is 3.60. The molecule has 6 atom stereocenters. The molecular weight excluding hydrogens is 420 g/mol. The third-order valence-corrected chi connectivity index (χ3v) is 7.04. The van der Waals surface area contributed by atoms with E-state index in [1.165, 1.54) is 12.8 Å². The molecule has 0 radical (unpaired) electrons. The fourth-order valence-corrected chi connectivity index (χ4v) is 6.00. The highest BCUT2D eigenvalue weighted by molar-refractivity contribution is 9.11. The summed E-state index contributed by atoms with van der Waals surface area (Å²) < 4.78 is 7.67. The molecule has 0 spiro atoms. The van der Waals surface area contributed by atoms with E-state index < -0.39 is 0 Å². The molecule has 23 heavy (non-hydrogen) atoms. The van der Waals surface area contributed by atoms with Crippen molar-refractivity contribution in [3.8, 4) is 0 Å². The zero-order valence-electron chi connectivity index (χ0n) is 13.9. The number of carbonyl (C=O) groups is 1. The van der Waals surface area contributed by atoms with Gasteiger partial charge in [0, 0.05) is 15.4 Å². The number of fused-ring (bicyclic) bond motifs is 2. The van der Waals surface area contributed by atoms with Gasteiger partial charge in [-0.3, -0.25) is 4.79 Å². The summed E-state index contributed by atoms with van der Waals surface area (Å²) in [7, 11) is 0. The molecule has 126 valence electrons. The van der Waals surface area contributed by atoms with Gasteiger partial charge in [-0.15, -0.1) is 0 Å². The second-order valence-corrected chi connectivity index (χ2v) is 9.24. The van der Waals surface area contributed by atoms with Gasteiger partial charge in [0.25, 0.3) is 0 Å². The van der Waals surface area contributed by atoms with E-state index in [2.05, 4.69) is 45.7 Å². The number of hydrogen-bond acceptors (Lipinski definition) is 2. The quantitative estimate of drug-likeness (QED) is 0.522. The fourth-order valence-electron chi connectivity index (χ4n) is 4.67. The Morgan fingerprint density at radius 3 is 2.39 bits per heavy atom. The van der Waals surface area contributed by atoms with E-state index in [1.54, 1.807) is 0 Å². The van der Waals surface area contributed by atoms with Crippen molar-refractivity contribution in [2.24, 2.45) is 29.6 Å². The minimum absolute atomic E-state index is 0.0500. The molecule has 0 aliphatic heterocycles. The Labute approximate surface area is 155 Å².